The molecule has 1 unspecified atom stereocenters. The van der Waals surface area contributed by atoms with E-state index in [1.807, 2.05) is 0 Å². The molecule has 0 aromatic heterocycles. The minimum atomic E-state index is -0.0574. The molecule has 2 aliphatic carbocycles. The summed E-state index contributed by atoms with van der Waals surface area (Å²) < 4.78 is 5.28. The third kappa shape index (κ3) is 1.42. The van der Waals surface area contributed by atoms with Crippen molar-refractivity contribution in [3.63, 3.8) is 0 Å². The molecular formula is C15H22O2. The first-order chi connectivity index (χ1) is 7.95. The third-order valence-electron chi connectivity index (χ3n) is 5.64. The zero-order valence-electron chi connectivity index (χ0n) is 11.1. The summed E-state index contributed by atoms with van der Waals surface area (Å²) >= 11 is 0. The van der Waals surface area contributed by atoms with Crippen molar-refractivity contribution >= 4 is 5.97 Å². The first-order valence-electron chi connectivity index (χ1n) is 6.82. The number of hydrogen-bond donors (Lipinski definition) is 0. The molecule has 1 saturated carbocycles. The first-order valence-corrected chi connectivity index (χ1v) is 6.82. The monoisotopic (exact) mass is 234 g/mol. The quantitative estimate of drug-likeness (QED) is 0.601. The molecule has 3 aliphatic rings. The van der Waals surface area contributed by atoms with E-state index in [1.165, 1.54) is 19.3 Å². The van der Waals surface area contributed by atoms with Crippen LogP contribution in [-0.2, 0) is 9.53 Å². The van der Waals surface area contributed by atoms with Gasteiger partial charge >= 0.3 is 5.97 Å². The van der Waals surface area contributed by atoms with Crippen molar-refractivity contribution in [2.75, 3.05) is 6.61 Å². The zero-order chi connectivity index (χ0) is 12.3. The molecule has 3 rings (SSSR count). The van der Waals surface area contributed by atoms with E-state index in [2.05, 4.69) is 26.8 Å². The van der Waals surface area contributed by atoms with Crippen LogP contribution in [0, 0.1) is 22.7 Å². The van der Waals surface area contributed by atoms with Crippen molar-refractivity contribution < 1.29 is 9.53 Å². The molecule has 2 nitrogen and oxygen atoms in total. The average molecular weight is 234 g/mol. The van der Waals surface area contributed by atoms with Gasteiger partial charge in [0.2, 0.25) is 0 Å². The summed E-state index contributed by atoms with van der Waals surface area (Å²) in [6, 6.07) is 0. The number of hydrogen-bond acceptors (Lipinski definition) is 2. The van der Waals surface area contributed by atoms with Crippen LogP contribution < -0.4 is 0 Å². The molecular weight excluding hydrogens is 212 g/mol. The average Bonchev–Trinajstić information content (AvgIpc) is 2.60. The minimum absolute atomic E-state index is 0.0574. The van der Waals surface area contributed by atoms with Gasteiger partial charge < -0.3 is 4.74 Å². The van der Waals surface area contributed by atoms with Gasteiger partial charge in [-0.1, -0.05) is 33.3 Å². The van der Waals surface area contributed by atoms with Crippen LogP contribution in [0.3, 0.4) is 0 Å². The van der Waals surface area contributed by atoms with Gasteiger partial charge in [-0.3, -0.25) is 0 Å². The molecule has 1 aliphatic heterocycles. The van der Waals surface area contributed by atoms with Crippen LogP contribution in [0.4, 0.5) is 0 Å². The highest BCUT2D eigenvalue weighted by molar-refractivity contribution is 5.91. The fourth-order valence-electron chi connectivity index (χ4n) is 4.66. The standard InChI is InChI=1S/C15H22O2/c1-14(2)7-4-8-15(3)11-9-17-13(16)10(11)5-6-12(14)15/h5,11-12H,4,6-9H2,1-3H3/t11-,12?,15+/m0/s1. The van der Waals surface area contributed by atoms with Gasteiger partial charge in [-0.25, -0.2) is 4.79 Å². The largest absolute Gasteiger partial charge is 0.462 e. The lowest BCUT2D eigenvalue weighted by molar-refractivity contribution is -0.135. The van der Waals surface area contributed by atoms with Crippen molar-refractivity contribution in [1.29, 1.82) is 0 Å². The van der Waals surface area contributed by atoms with Crippen LogP contribution in [0.2, 0.25) is 0 Å². The van der Waals surface area contributed by atoms with Gasteiger partial charge in [0.05, 0.1) is 6.61 Å². The minimum Gasteiger partial charge on any atom is -0.462 e. The fourth-order valence-corrected chi connectivity index (χ4v) is 4.66. The Hall–Kier alpha value is -0.790. The topological polar surface area (TPSA) is 26.3 Å². The van der Waals surface area contributed by atoms with Crippen molar-refractivity contribution in [2.45, 2.75) is 46.5 Å². The Labute approximate surface area is 103 Å². The van der Waals surface area contributed by atoms with Crippen LogP contribution in [0.15, 0.2) is 11.6 Å². The number of esters is 1. The van der Waals surface area contributed by atoms with Crippen LogP contribution in [0.5, 0.6) is 0 Å². The first kappa shape index (κ1) is 11.3. The number of cyclic esters (lactones) is 1. The Morgan fingerprint density at radius 3 is 2.82 bits per heavy atom. The predicted octanol–water partition coefficient (Wildman–Crippen LogP) is 3.32. The number of rotatable bonds is 0. The van der Waals surface area contributed by atoms with Gasteiger partial charge in [-0.05, 0) is 36.0 Å². The van der Waals surface area contributed by atoms with Gasteiger partial charge in [-0.2, -0.15) is 0 Å². The molecule has 0 radical (unpaired) electrons. The van der Waals surface area contributed by atoms with E-state index in [9.17, 15) is 4.79 Å². The van der Waals surface area contributed by atoms with Gasteiger partial charge in [-0.15, -0.1) is 0 Å². The Balaban J connectivity index is 2.03. The van der Waals surface area contributed by atoms with Crippen molar-refractivity contribution in [3.8, 4) is 0 Å². The molecule has 3 atom stereocenters. The van der Waals surface area contributed by atoms with Crippen LogP contribution in [0.1, 0.15) is 46.5 Å². The van der Waals surface area contributed by atoms with Crippen molar-refractivity contribution in [2.24, 2.45) is 22.7 Å². The Kier molecular flexibility index (Phi) is 2.24. The summed E-state index contributed by atoms with van der Waals surface area (Å²) in [6.07, 6.45) is 7.08. The van der Waals surface area contributed by atoms with E-state index >= 15 is 0 Å². The summed E-state index contributed by atoms with van der Waals surface area (Å²) in [5.74, 6) is 0.998. The lowest BCUT2D eigenvalue weighted by Gasteiger charge is -2.55. The molecule has 0 aromatic rings. The number of fused-ring (bicyclic) bond motifs is 3. The Bertz CT molecular complexity index is 394. The number of ether oxygens (including phenoxy) is 1. The maximum absolute atomic E-state index is 11.7. The van der Waals surface area contributed by atoms with Gasteiger partial charge in [0.1, 0.15) is 0 Å². The Morgan fingerprint density at radius 2 is 2.06 bits per heavy atom. The van der Waals surface area contributed by atoms with Crippen molar-refractivity contribution in [3.05, 3.63) is 11.6 Å². The lowest BCUT2D eigenvalue weighted by Crippen LogP contribution is -2.48. The summed E-state index contributed by atoms with van der Waals surface area (Å²) in [5.41, 5.74) is 1.65. The maximum Gasteiger partial charge on any atom is 0.334 e. The summed E-state index contributed by atoms with van der Waals surface area (Å²) in [7, 11) is 0. The second kappa shape index (κ2) is 3.37. The van der Waals surface area contributed by atoms with E-state index < -0.39 is 0 Å². The van der Waals surface area contributed by atoms with Gasteiger partial charge in [0.15, 0.2) is 0 Å². The molecule has 0 bridgehead atoms. The van der Waals surface area contributed by atoms with Crippen LogP contribution >= 0.6 is 0 Å². The number of allylic oxidation sites excluding steroid dienone is 1. The normalized spacial score (nSPS) is 43.5. The summed E-state index contributed by atoms with van der Waals surface area (Å²) in [5, 5.41) is 0. The summed E-state index contributed by atoms with van der Waals surface area (Å²) in [4.78, 5) is 11.7. The smallest absolute Gasteiger partial charge is 0.334 e. The molecule has 1 saturated heterocycles. The van der Waals surface area contributed by atoms with Crippen LogP contribution in [-0.4, -0.2) is 12.6 Å². The maximum atomic E-state index is 11.7. The third-order valence-corrected chi connectivity index (χ3v) is 5.64. The number of carbonyl (C=O) groups excluding carboxylic acids is 1. The molecule has 0 amide bonds. The SMILES string of the molecule is CC1(C)CCC[C@@]2(C)C1CC=C1C(=O)OC[C@@H]12. The van der Waals surface area contributed by atoms with Gasteiger partial charge in [0.25, 0.3) is 0 Å². The molecule has 0 aromatic carbocycles. The van der Waals surface area contributed by atoms with Gasteiger partial charge in [0, 0.05) is 11.5 Å². The highest BCUT2D eigenvalue weighted by atomic mass is 16.5. The predicted molar refractivity (Wildman–Crippen MR) is 66.4 cm³/mol. The molecule has 17 heavy (non-hydrogen) atoms. The molecule has 2 heteroatoms. The molecule has 0 N–H and O–H groups in total. The lowest BCUT2D eigenvalue weighted by atomic mass is 9.49. The second-order valence-corrected chi connectivity index (χ2v) is 6.95. The van der Waals surface area contributed by atoms with E-state index in [1.54, 1.807) is 0 Å². The Morgan fingerprint density at radius 1 is 1.29 bits per heavy atom. The van der Waals surface area contributed by atoms with Crippen LogP contribution in [0.25, 0.3) is 0 Å². The molecule has 2 fully saturated rings. The highest BCUT2D eigenvalue weighted by Gasteiger charge is 2.55. The zero-order valence-corrected chi connectivity index (χ0v) is 11.1. The van der Waals surface area contributed by atoms with E-state index in [-0.39, 0.29) is 11.4 Å². The van der Waals surface area contributed by atoms with E-state index in [0.29, 0.717) is 23.9 Å². The highest BCUT2D eigenvalue weighted by Crippen LogP contribution is 2.60. The summed E-state index contributed by atoms with van der Waals surface area (Å²) in [6.45, 7) is 7.79. The molecule has 0 spiro atoms. The molecule has 94 valence electrons. The number of carbonyl (C=O) groups is 1. The fraction of sp³-hybridized carbons (Fsp3) is 0.800. The van der Waals surface area contributed by atoms with Crippen molar-refractivity contribution in [1.82, 2.24) is 0 Å². The van der Waals surface area contributed by atoms with E-state index in [4.69, 9.17) is 4.74 Å². The second-order valence-electron chi connectivity index (χ2n) is 6.95. The molecule has 1 heterocycles. The van der Waals surface area contributed by atoms with E-state index in [0.717, 1.165) is 12.0 Å².